The van der Waals surface area contributed by atoms with Crippen molar-refractivity contribution in [3.05, 3.63) is 35.4 Å². The van der Waals surface area contributed by atoms with Gasteiger partial charge in [-0.1, -0.05) is 38.2 Å². The number of carbonyl (C=O) groups excluding carboxylic acids is 2. The summed E-state index contributed by atoms with van der Waals surface area (Å²) in [6.45, 7) is 4.34. The fourth-order valence-corrected chi connectivity index (χ4v) is 1.65. The lowest BCUT2D eigenvalue weighted by molar-refractivity contribution is -0.143. The maximum absolute atomic E-state index is 11.5. The molecular formula is C15H19NO4S. The van der Waals surface area contributed by atoms with Gasteiger partial charge >= 0.3 is 11.9 Å². The maximum atomic E-state index is 11.5. The van der Waals surface area contributed by atoms with E-state index in [1.165, 1.54) is 7.11 Å². The fraction of sp³-hybridized carbons (Fsp3) is 0.400. The van der Waals surface area contributed by atoms with Crippen LogP contribution in [0.1, 0.15) is 29.8 Å². The number of thiocarbonyl (C=S) groups is 1. The monoisotopic (exact) mass is 309 g/mol. The molecule has 0 amide bonds. The zero-order valence-corrected chi connectivity index (χ0v) is 13.2. The van der Waals surface area contributed by atoms with Crippen LogP contribution in [0.15, 0.2) is 24.3 Å². The minimum absolute atomic E-state index is 0.0182. The lowest BCUT2D eigenvalue weighted by Crippen LogP contribution is -2.30. The summed E-state index contributed by atoms with van der Waals surface area (Å²) < 4.78 is 9.65. The van der Waals surface area contributed by atoms with Crippen molar-refractivity contribution in [3.63, 3.8) is 0 Å². The summed E-state index contributed by atoms with van der Waals surface area (Å²) in [6, 6.07) is 6.63. The average molecular weight is 309 g/mol. The van der Waals surface area contributed by atoms with Crippen LogP contribution in [-0.2, 0) is 14.3 Å². The highest BCUT2D eigenvalue weighted by molar-refractivity contribution is 7.80. The Morgan fingerprint density at radius 3 is 2.29 bits per heavy atom. The number of hydrogen-bond donors (Lipinski definition) is 1. The van der Waals surface area contributed by atoms with Gasteiger partial charge in [0.05, 0.1) is 19.3 Å². The van der Waals surface area contributed by atoms with E-state index in [1.54, 1.807) is 24.3 Å². The van der Waals surface area contributed by atoms with E-state index >= 15 is 0 Å². The number of methoxy groups -OCH3 is 1. The van der Waals surface area contributed by atoms with Crippen molar-refractivity contribution >= 4 is 29.1 Å². The van der Waals surface area contributed by atoms with Crippen LogP contribution < -0.4 is 5.32 Å². The van der Waals surface area contributed by atoms with Gasteiger partial charge < -0.3 is 14.8 Å². The zero-order chi connectivity index (χ0) is 15.8. The topological polar surface area (TPSA) is 64.6 Å². The second-order valence-electron chi connectivity index (χ2n) is 4.83. The van der Waals surface area contributed by atoms with Crippen LogP contribution in [0.2, 0.25) is 0 Å². The molecule has 0 unspecified atom stereocenters. The molecule has 0 heterocycles. The Labute approximate surface area is 129 Å². The van der Waals surface area contributed by atoms with Crippen molar-refractivity contribution in [1.29, 1.82) is 0 Å². The summed E-state index contributed by atoms with van der Waals surface area (Å²) in [5, 5.41) is 2.83. The van der Waals surface area contributed by atoms with Gasteiger partial charge in [0.1, 0.15) is 11.5 Å². The quantitative estimate of drug-likeness (QED) is 0.640. The second-order valence-corrected chi connectivity index (χ2v) is 5.24. The Hall–Kier alpha value is -1.95. The first-order chi connectivity index (χ1) is 9.93. The van der Waals surface area contributed by atoms with Crippen LogP contribution in [0.4, 0.5) is 0 Å². The van der Waals surface area contributed by atoms with E-state index in [1.807, 2.05) is 13.8 Å². The number of benzene rings is 1. The number of esters is 2. The summed E-state index contributed by atoms with van der Waals surface area (Å²) in [6.07, 6.45) is 0. The molecule has 0 saturated carbocycles. The third kappa shape index (κ3) is 5.91. The second kappa shape index (κ2) is 8.36. The lowest BCUT2D eigenvalue weighted by Gasteiger charge is -2.10. The van der Waals surface area contributed by atoms with E-state index in [-0.39, 0.29) is 12.5 Å². The number of rotatable bonds is 6. The van der Waals surface area contributed by atoms with Gasteiger partial charge in [-0.2, -0.15) is 0 Å². The fourth-order valence-electron chi connectivity index (χ4n) is 1.44. The average Bonchev–Trinajstić information content (AvgIpc) is 2.49. The molecule has 1 aromatic rings. The van der Waals surface area contributed by atoms with Gasteiger partial charge in [-0.3, -0.25) is 4.79 Å². The Morgan fingerprint density at radius 2 is 1.76 bits per heavy atom. The van der Waals surface area contributed by atoms with Crippen molar-refractivity contribution in [2.75, 3.05) is 20.3 Å². The first-order valence-corrected chi connectivity index (χ1v) is 6.97. The highest BCUT2D eigenvalue weighted by Gasteiger charge is 2.09. The van der Waals surface area contributed by atoms with Crippen molar-refractivity contribution in [1.82, 2.24) is 5.32 Å². The molecule has 0 aliphatic carbocycles. The normalized spacial score (nSPS) is 10.1. The molecule has 0 fully saturated rings. The molecule has 0 saturated heterocycles. The first-order valence-electron chi connectivity index (χ1n) is 6.56. The van der Waals surface area contributed by atoms with Gasteiger partial charge in [0, 0.05) is 5.56 Å². The molecule has 21 heavy (non-hydrogen) atoms. The largest absolute Gasteiger partial charge is 0.465 e. The van der Waals surface area contributed by atoms with Gasteiger partial charge in [0.25, 0.3) is 0 Å². The molecule has 0 aliphatic rings. The number of ether oxygens (including phenoxy) is 2. The molecule has 0 radical (unpaired) electrons. The molecule has 0 aromatic heterocycles. The van der Waals surface area contributed by atoms with Crippen LogP contribution in [0.25, 0.3) is 0 Å². The Balaban J connectivity index is 2.48. The molecule has 5 nitrogen and oxygen atoms in total. The Kier molecular flexibility index (Phi) is 6.81. The Morgan fingerprint density at radius 1 is 1.19 bits per heavy atom. The summed E-state index contributed by atoms with van der Waals surface area (Å²) in [7, 11) is 1.32. The van der Waals surface area contributed by atoms with Crippen molar-refractivity contribution < 1.29 is 19.1 Å². The minimum Gasteiger partial charge on any atom is -0.465 e. The minimum atomic E-state index is -0.405. The molecule has 0 spiro atoms. The van der Waals surface area contributed by atoms with E-state index in [2.05, 4.69) is 10.1 Å². The maximum Gasteiger partial charge on any atom is 0.337 e. The zero-order valence-electron chi connectivity index (χ0n) is 12.3. The van der Waals surface area contributed by atoms with Gasteiger partial charge in [0.2, 0.25) is 0 Å². The highest BCUT2D eigenvalue weighted by atomic mass is 32.1. The first kappa shape index (κ1) is 17.1. The van der Waals surface area contributed by atoms with E-state index in [9.17, 15) is 9.59 Å². The van der Waals surface area contributed by atoms with E-state index < -0.39 is 5.97 Å². The Bertz CT molecular complexity index is 511. The van der Waals surface area contributed by atoms with Gasteiger partial charge in [0.15, 0.2) is 0 Å². The molecule has 0 atom stereocenters. The van der Waals surface area contributed by atoms with Gasteiger partial charge in [-0.25, -0.2) is 4.79 Å². The van der Waals surface area contributed by atoms with Gasteiger partial charge in [-0.05, 0) is 18.1 Å². The van der Waals surface area contributed by atoms with Crippen LogP contribution in [-0.4, -0.2) is 37.2 Å². The predicted molar refractivity (Wildman–Crippen MR) is 83.3 cm³/mol. The van der Waals surface area contributed by atoms with Crippen LogP contribution in [0.5, 0.6) is 0 Å². The highest BCUT2D eigenvalue weighted by Crippen LogP contribution is 2.06. The van der Waals surface area contributed by atoms with Gasteiger partial charge in [-0.15, -0.1) is 0 Å². The number of nitrogens with one attached hydrogen (secondary N) is 1. The van der Waals surface area contributed by atoms with Crippen molar-refractivity contribution in [3.8, 4) is 0 Å². The number of hydrogen-bond acceptors (Lipinski definition) is 5. The van der Waals surface area contributed by atoms with Crippen LogP contribution >= 0.6 is 12.2 Å². The van der Waals surface area contributed by atoms with E-state index in [4.69, 9.17) is 17.0 Å². The van der Waals surface area contributed by atoms with Crippen LogP contribution in [0.3, 0.4) is 0 Å². The SMILES string of the molecule is COC(=O)c1ccc(C(=S)NCC(=O)OCC(C)C)cc1. The number of carbonyl (C=O) groups is 2. The molecular weight excluding hydrogens is 290 g/mol. The molecule has 1 rings (SSSR count). The molecule has 1 N–H and O–H groups in total. The predicted octanol–water partition coefficient (Wildman–Crippen LogP) is 1.94. The molecule has 0 aliphatic heterocycles. The van der Waals surface area contributed by atoms with E-state index in [0.29, 0.717) is 28.6 Å². The van der Waals surface area contributed by atoms with E-state index in [0.717, 1.165) is 0 Å². The third-order valence-electron chi connectivity index (χ3n) is 2.54. The smallest absolute Gasteiger partial charge is 0.337 e. The summed E-state index contributed by atoms with van der Waals surface area (Å²) >= 11 is 5.18. The third-order valence-corrected chi connectivity index (χ3v) is 2.92. The molecule has 0 bridgehead atoms. The standard InChI is InChI=1S/C15H19NO4S/c1-10(2)9-20-13(17)8-16-14(21)11-4-6-12(7-5-11)15(18)19-3/h4-7,10H,8-9H2,1-3H3,(H,16,21). The lowest BCUT2D eigenvalue weighted by atomic mass is 10.1. The molecule has 114 valence electrons. The summed E-state index contributed by atoms with van der Waals surface area (Å²) in [5.41, 5.74) is 1.16. The van der Waals surface area contributed by atoms with Crippen molar-refractivity contribution in [2.45, 2.75) is 13.8 Å². The summed E-state index contributed by atoms with van der Waals surface area (Å²) in [4.78, 5) is 23.2. The molecule has 6 heteroatoms. The molecule has 1 aromatic carbocycles. The summed E-state index contributed by atoms with van der Waals surface area (Å²) in [5.74, 6) is -0.457. The van der Waals surface area contributed by atoms with Crippen molar-refractivity contribution in [2.24, 2.45) is 5.92 Å². The van der Waals surface area contributed by atoms with Crippen LogP contribution in [0, 0.1) is 5.92 Å².